The second kappa shape index (κ2) is 6.98. The van der Waals surface area contributed by atoms with Crippen molar-refractivity contribution >= 4 is 10.8 Å². The van der Waals surface area contributed by atoms with Crippen LogP contribution in [0, 0.1) is 0 Å². The Kier molecular flexibility index (Phi) is 4.55. The van der Waals surface area contributed by atoms with Gasteiger partial charge in [-0.25, -0.2) is 4.98 Å². The van der Waals surface area contributed by atoms with Crippen LogP contribution < -0.4 is 0 Å². The van der Waals surface area contributed by atoms with Crippen LogP contribution in [-0.2, 0) is 13.1 Å². The molecular weight excluding hydrogens is 310 g/mol. The molecule has 1 fully saturated rings. The zero-order valence-corrected chi connectivity index (χ0v) is 14.7. The largest absolute Gasteiger partial charge is 0.391 e. The van der Waals surface area contributed by atoms with Gasteiger partial charge in [0.2, 0.25) is 0 Å². The standard InChI is InChI=1S/C21H25N3O/c1-2-24-12-10-22-21(24)15-23-11-9-19(20(25)14-23)18-8-7-16-5-3-4-6-17(16)13-18/h3-8,10,12-13,19-20,25H,2,9,11,14-15H2,1H3/t19-,20+/m1/s1. The van der Waals surface area contributed by atoms with Crippen LogP contribution in [0.25, 0.3) is 10.8 Å². The third kappa shape index (κ3) is 3.32. The molecule has 0 aliphatic carbocycles. The molecule has 4 heteroatoms. The van der Waals surface area contributed by atoms with E-state index in [4.69, 9.17) is 0 Å². The van der Waals surface area contributed by atoms with Gasteiger partial charge in [-0.3, -0.25) is 4.90 Å². The number of piperidine rings is 1. The average molecular weight is 335 g/mol. The Morgan fingerprint density at radius 1 is 1.16 bits per heavy atom. The summed E-state index contributed by atoms with van der Waals surface area (Å²) >= 11 is 0. The second-order valence-corrected chi connectivity index (χ2v) is 6.93. The molecule has 0 unspecified atom stereocenters. The Labute approximate surface area is 148 Å². The van der Waals surface area contributed by atoms with Crippen molar-refractivity contribution < 1.29 is 5.11 Å². The summed E-state index contributed by atoms with van der Waals surface area (Å²) in [5.41, 5.74) is 1.25. The van der Waals surface area contributed by atoms with Crippen molar-refractivity contribution in [2.24, 2.45) is 0 Å². The first-order valence-electron chi connectivity index (χ1n) is 9.13. The zero-order chi connectivity index (χ0) is 17.2. The fourth-order valence-electron chi connectivity index (χ4n) is 3.95. The number of aliphatic hydroxyl groups excluding tert-OH is 1. The predicted molar refractivity (Wildman–Crippen MR) is 100 cm³/mol. The fraction of sp³-hybridized carbons (Fsp3) is 0.381. The zero-order valence-electron chi connectivity index (χ0n) is 14.7. The molecule has 0 saturated carbocycles. The number of benzene rings is 2. The van der Waals surface area contributed by atoms with Gasteiger partial charge in [0.15, 0.2) is 0 Å². The minimum Gasteiger partial charge on any atom is -0.391 e. The van der Waals surface area contributed by atoms with Gasteiger partial charge in [0, 0.05) is 31.4 Å². The number of likely N-dealkylation sites (tertiary alicyclic amines) is 1. The van der Waals surface area contributed by atoms with E-state index in [0.717, 1.165) is 31.9 Å². The molecule has 1 saturated heterocycles. The maximum Gasteiger partial charge on any atom is 0.122 e. The van der Waals surface area contributed by atoms with Crippen LogP contribution in [0.3, 0.4) is 0 Å². The number of nitrogens with zero attached hydrogens (tertiary/aromatic N) is 3. The highest BCUT2D eigenvalue weighted by Gasteiger charge is 2.29. The number of fused-ring (bicyclic) bond motifs is 1. The van der Waals surface area contributed by atoms with Gasteiger partial charge in [0.1, 0.15) is 5.82 Å². The van der Waals surface area contributed by atoms with Gasteiger partial charge < -0.3 is 9.67 Å². The topological polar surface area (TPSA) is 41.3 Å². The van der Waals surface area contributed by atoms with Gasteiger partial charge in [-0.05, 0) is 36.2 Å². The Morgan fingerprint density at radius 3 is 2.80 bits per heavy atom. The molecule has 1 aromatic heterocycles. The maximum atomic E-state index is 10.8. The smallest absolute Gasteiger partial charge is 0.122 e. The molecule has 2 aromatic carbocycles. The highest BCUT2D eigenvalue weighted by molar-refractivity contribution is 5.83. The lowest BCUT2D eigenvalue weighted by Crippen LogP contribution is -2.42. The molecule has 25 heavy (non-hydrogen) atoms. The van der Waals surface area contributed by atoms with Gasteiger partial charge in [-0.1, -0.05) is 42.5 Å². The van der Waals surface area contributed by atoms with Gasteiger partial charge in [0.05, 0.1) is 12.6 Å². The van der Waals surface area contributed by atoms with Crippen molar-refractivity contribution in [3.8, 4) is 0 Å². The number of hydrogen-bond acceptors (Lipinski definition) is 3. The van der Waals surface area contributed by atoms with Crippen LogP contribution >= 0.6 is 0 Å². The Bertz CT molecular complexity index is 857. The molecule has 4 nitrogen and oxygen atoms in total. The molecular formula is C21H25N3O. The van der Waals surface area contributed by atoms with E-state index in [2.05, 4.69) is 63.8 Å². The van der Waals surface area contributed by atoms with Gasteiger partial charge in [0.25, 0.3) is 0 Å². The first-order chi connectivity index (χ1) is 12.2. The van der Waals surface area contributed by atoms with Gasteiger partial charge in [-0.2, -0.15) is 0 Å². The summed E-state index contributed by atoms with van der Waals surface area (Å²) in [6.07, 6.45) is 4.52. The van der Waals surface area contributed by atoms with Crippen molar-refractivity contribution in [2.75, 3.05) is 13.1 Å². The van der Waals surface area contributed by atoms with E-state index in [9.17, 15) is 5.11 Å². The number of rotatable bonds is 4. The van der Waals surface area contributed by atoms with Gasteiger partial charge in [-0.15, -0.1) is 0 Å². The summed E-state index contributed by atoms with van der Waals surface area (Å²) < 4.78 is 2.17. The highest BCUT2D eigenvalue weighted by Crippen LogP contribution is 2.31. The quantitative estimate of drug-likeness (QED) is 0.794. The molecule has 2 heterocycles. The third-order valence-corrected chi connectivity index (χ3v) is 5.38. The fourth-order valence-corrected chi connectivity index (χ4v) is 3.95. The van der Waals surface area contributed by atoms with Crippen LogP contribution in [-0.4, -0.2) is 38.8 Å². The molecule has 4 rings (SSSR count). The lowest BCUT2D eigenvalue weighted by Gasteiger charge is -2.36. The van der Waals surface area contributed by atoms with Crippen molar-refractivity contribution in [3.05, 3.63) is 66.2 Å². The van der Waals surface area contributed by atoms with Crippen molar-refractivity contribution in [1.29, 1.82) is 0 Å². The molecule has 2 atom stereocenters. The summed E-state index contributed by atoms with van der Waals surface area (Å²) in [6.45, 7) is 5.57. The third-order valence-electron chi connectivity index (χ3n) is 5.38. The first-order valence-corrected chi connectivity index (χ1v) is 9.13. The number of imidazole rings is 1. The van der Waals surface area contributed by atoms with Crippen LogP contribution in [0.2, 0.25) is 0 Å². The van der Waals surface area contributed by atoms with Crippen LogP contribution in [0.15, 0.2) is 54.9 Å². The number of aryl methyl sites for hydroxylation is 1. The summed E-state index contributed by atoms with van der Waals surface area (Å²) in [4.78, 5) is 6.77. The first kappa shape index (κ1) is 16.3. The number of aliphatic hydroxyl groups is 1. The normalized spacial score (nSPS) is 21.7. The number of β-amino-alcohol motifs (C(OH)–C–C–N with tert-alkyl or cyclic N) is 1. The van der Waals surface area contributed by atoms with Crippen molar-refractivity contribution in [2.45, 2.75) is 38.5 Å². The van der Waals surface area contributed by atoms with Crippen LogP contribution in [0.4, 0.5) is 0 Å². The van der Waals surface area contributed by atoms with Crippen LogP contribution in [0.1, 0.15) is 30.7 Å². The highest BCUT2D eigenvalue weighted by atomic mass is 16.3. The van der Waals surface area contributed by atoms with E-state index in [-0.39, 0.29) is 12.0 Å². The van der Waals surface area contributed by atoms with E-state index in [1.807, 2.05) is 12.4 Å². The Hall–Kier alpha value is -2.17. The molecule has 0 bridgehead atoms. The molecule has 1 N–H and O–H groups in total. The molecule has 3 aromatic rings. The van der Waals surface area contributed by atoms with Crippen LogP contribution in [0.5, 0.6) is 0 Å². The number of aromatic nitrogens is 2. The Balaban J connectivity index is 1.47. The summed E-state index contributed by atoms with van der Waals surface area (Å²) in [6, 6.07) is 15.0. The molecule has 0 amide bonds. The molecule has 130 valence electrons. The maximum absolute atomic E-state index is 10.8. The van der Waals surface area contributed by atoms with E-state index in [1.54, 1.807) is 0 Å². The van der Waals surface area contributed by atoms with E-state index in [0.29, 0.717) is 6.54 Å². The van der Waals surface area contributed by atoms with Crippen molar-refractivity contribution in [3.63, 3.8) is 0 Å². The lowest BCUT2D eigenvalue weighted by molar-refractivity contribution is 0.0461. The summed E-state index contributed by atoms with van der Waals surface area (Å²) in [5.74, 6) is 1.30. The van der Waals surface area contributed by atoms with E-state index >= 15 is 0 Å². The number of hydrogen-bond donors (Lipinski definition) is 1. The minimum absolute atomic E-state index is 0.215. The minimum atomic E-state index is -0.333. The molecule has 0 radical (unpaired) electrons. The van der Waals surface area contributed by atoms with Gasteiger partial charge >= 0.3 is 0 Å². The SMILES string of the molecule is CCn1ccnc1CN1CC[C@H](c2ccc3ccccc3c2)[C@@H](O)C1. The van der Waals surface area contributed by atoms with E-state index < -0.39 is 0 Å². The Morgan fingerprint density at radius 2 is 2.00 bits per heavy atom. The molecule has 1 aliphatic heterocycles. The average Bonchev–Trinajstić information content (AvgIpc) is 3.08. The summed E-state index contributed by atoms with van der Waals surface area (Å²) in [7, 11) is 0. The van der Waals surface area contributed by atoms with Crippen molar-refractivity contribution in [1.82, 2.24) is 14.5 Å². The van der Waals surface area contributed by atoms with E-state index in [1.165, 1.54) is 16.3 Å². The molecule has 0 spiro atoms. The second-order valence-electron chi connectivity index (χ2n) is 6.93. The molecule has 1 aliphatic rings. The monoisotopic (exact) mass is 335 g/mol. The predicted octanol–water partition coefficient (Wildman–Crippen LogP) is 3.41. The summed E-state index contributed by atoms with van der Waals surface area (Å²) in [5, 5.41) is 13.3. The lowest BCUT2D eigenvalue weighted by atomic mass is 9.86.